The monoisotopic (exact) mass is 486 g/mol. The van der Waals surface area contributed by atoms with Crippen molar-refractivity contribution in [2.24, 2.45) is 0 Å². The summed E-state index contributed by atoms with van der Waals surface area (Å²) < 4.78 is 17.4. The Balaban J connectivity index is 1.55. The van der Waals surface area contributed by atoms with E-state index >= 15 is 0 Å². The number of carbonyl (C=O) groups is 2. The summed E-state index contributed by atoms with van der Waals surface area (Å²) in [5.74, 6) is 0.730. The number of para-hydroxylation sites is 2. The molecule has 0 spiro atoms. The lowest BCUT2D eigenvalue weighted by Crippen LogP contribution is -2.45. The molecule has 8 heteroatoms. The van der Waals surface area contributed by atoms with Gasteiger partial charge in [-0.1, -0.05) is 18.2 Å². The number of hydrogen-bond acceptors (Lipinski definition) is 5. The van der Waals surface area contributed by atoms with Crippen molar-refractivity contribution in [2.45, 2.75) is 18.9 Å². The van der Waals surface area contributed by atoms with Crippen LogP contribution in [0.1, 0.15) is 18.4 Å². The summed E-state index contributed by atoms with van der Waals surface area (Å²) in [6, 6.07) is 12.6. The van der Waals surface area contributed by atoms with Gasteiger partial charge in [-0.05, 0) is 64.7 Å². The molecule has 0 unspecified atom stereocenters. The largest absolute Gasteiger partial charge is 0.496 e. The molecule has 1 atom stereocenters. The van der Waals surface area contributed by atoms with Gasteiger partial charge in [0.2, 0.25) is 5.91 Å². The number of amides is 2. The number of carbonyl (C=O) groups excluding carboxylic acids is 2. The van der Waals surface area contributed by atoms with Crippen molar-refractivity contribution in [3.8, 4) is 11.5 Å². The van der Waals surface area contributed by atoms with Crippen molar-refractivity contribution >= 4 is 39.5 Å². The second-order valence-electron chi connectivity index (χ2n) is 7.30. The Morgan fingerprint density at radius 2 is 2.16 bits per heavy atom. The van der Waals surface area contributed by atoms with Crippen LogP contribution in [0, 0.1) is 0 Å². The average Bonchev–Trinajstić information content (AvgIpc) is 3.29. The predicted molar refractivity (Wildman–Crippen MR) is 120 cm³/mol. The van der Waals surface area contributed by atoms with Crippen LogP contribution in [-0.2, 0) is 14.3 Å². The lowest BCUT2D eigenvalue weighted by molar-refractivity contribution is -0.123. The third kappa shape index (κ3) is 4.91. The van der Waals surface area contributed by atoms with E-state index in [-0.39, 0.29) is 30.2 Å². The molecule has 2 amide bonds. The second kappa shape index (κ2) is 9.53. The summed E-state index contributed by atoms with van der Waals surface area (Å²) in [6.45, 7) is 1.07. The molecule has 31 heavy (non-hydrogen) atoms. The normalized spacial score (nSPS) is 19.2. The Kier molecular flexibility index (Phi) is 6.58. The molecule has 2 aliphatic heterocycles. The molecule has 0 aliphatic carbocycles. The Morgan fingerprint density at radius 3 is 2.90 bits per heavy atom. The van der Waals surface area contributed by atoms with Crippen molar-refractivity contribution in [1.82, 2.24) is 5.32 Å². The van der Waals surface area contributed by atoms with Crippen LogP contribution >= 0.6 is 15.9 Å². The Labute approximate surface area is 189 Å². The summed E-state index contributed by atoms with van der Waals surface area (Å²) in [5, 5.41) is 2.87. The molecule has 2 aliphatic rings. The minimum atomic E-state index is -0.377. The summed E-state index contributed by atoms with van der Waals surface area (Å²) >= 11 is 3.45. The lowest BCUT2D eigenvalue weighted by atomic mass is 10.1. The van der Waals surface area contributed by atoms with Gasteiger partial charge < -0.3 is 19.5 Å². The number of ether oxygens (including phenoxy) is 3. The third-order valence-corrected chi connectivity index (χ3v) is 5.78. The highest BCUT2D eigenvalue weighted by Gasteiger charge is 2.31. The number of halogens is 1. The van der Waals surface area contributed by atoms with Gasteiger partial charge in [0, 0.05) is 13.2 Å². The zero-order valence-electron chi connectivity index (χ0n) is 17.1. The Hall–Kier alpha value is -2.84. The van der Waals surface area contributed by atoms with E-state index in [9.17, 15) is 9.59 Å². The van der Waals surface area contributed by atoms with Crippen molar-refractivity contribution < 1.29 is 23.8 Å². The van der Waals surface area contributed by atoms with Gasteiger partial charge in [-0.2, -0.15) is 0 Å². The lowest BCUT2D eigenvalue weighted by Gasteiger charge is -2.30. The summed E-state index contributed by atoms with van der Waals surface area (Å²) in [4.78, 5) is 27.2. The molecule has 2 aromatic rings. The van der Waals surface area contributed by atoms with Crippen LogP contribution in [0.25, 0.3) is 6.08 Å². The number of hydrogen-bond donors (Lipinski definition) is 1. The molecule has 7 nitrogen and oxygen atoms in total. The van der Waals surface area contributed by atoms with E-state index in [1.54, 1.807) is 31.4 Å². The molecule has 0 radical (unpaired) electrons. The fourth-order valence-corrected chi connectivity index (χ4v) is 4.13. The fraction of sp³-hybridized carbons (Fsp3) is 0.304. The van der Waals surface area contributed by atoms with Gasteiger partial charge in [-0.25, -0.2) is 0 Å². The summed E-state index contributed by atoms with van der Waals surface area (Å²) in [6.07, 6.45) is 3.63. The highest BCUT2D eigenvalue weighted by Crippen LogP contribution is 2.36. The van der Waals surface area contributed by atoms with Crippen molar-refractivity contribution in [3.05, 3.63) is 58.3 Å². The van der Waals surface area contributed by atoms with Crippen LogP contribution in [0.3, 0.4) is 0 Å². The first kappa shape index (κ1) is 21.4. The summed E-state index contributed by atoms with van der Waals surface area (Å²) in [7, 11) is 1.59. The molecule has 1 saturated heterocycles. The van der Waals surface area contributed by atoms with Crippen molar-refractivity contribution in [1.29, 1.82) is 0 Å². The maximum atomic E-state index is 13.2. The summed E-state index contributed by atoms with van der Waals surface area (Å²) in [5.41, 5.74) is 1.33. The molecule has 162 valence electrons. The van der Waals surface area contributed by atoms with Crippen molar-refractivity contribution in [3.63, 3.8) is 0 Å². The number of nitrogens with one attached hydrogen (secondary N) is 1. The van der Waals surface area contributed by atoms with Crippen LogP contribution in [0.5, 0.6) is 11.5 Å². The van der Waals surface area contributed by atoms with E-state index in [0.717, 1.165) is 29.5 Å². The maximum Gasteiger partial charge on any atom is 0.294 e. The number of benzene rings is 2. The molecule has 2 heterocycles. The van der Waals surface area contributed by atoms with Crippen LogP contribution in [0.4, 0.5) is 5.69 Å². The van der Waals surface area contributed by atoms with Crippen molar-refractivity contribution in [2.75, 3.05) is 31.7 Å². The van der Waals surface area contributed by atoms with Gasteiger partial charge in [-0.3, -0.25) is 14.5 Å². The molecule has 4 rings (SSSR count). The highest BCUT2D eigenvalue weighted by atomic mass is 79.9. The number of nitrogens with zero attached hydrogens (tertiary/aromatic N) is 1. The predicted octanol–water partition coefficient (Wildman–Crippen LogP) is 3.52. The Bertz CT molecular complexity index is 1020. The number of fused-ring (bicyclic) bond motifs is 1. The van der Waals surface area contributed by atoms with E-state index in [2.05, 4.69) is 21.2 Å². The average molecular weight is 487 g/mol. The van der Waals surface area contributed by atoms with E-state index in [4.69, 9.17) is 14.2 Å². The topological polar surface area (TPSA) is 77.1 Å². The van der Waals surface area contributed by atoms with Gasteiger partial charge in [0.25, 0.3) is 5.91 Å². The quantitative estimate of drug-likeness (QED) is 0.632. The molecule has 2 aromatic carbocycles. The first-order valence-corrected chi connectivity index (χ1v) is 10.9. The number of rotatable bonds is 6. The standard InChI is InChI=1S/C23H23BrN2O5/c1-29-19-9-8-15(11-17(19)24)12-21-23(28)26(18-6-2-3-7-20(18)31-21)14-22(27)25-13-16-5-4-10-30-16/h2-3,6-9,11-12,16H,4-5,10,13-14H2,1H3,(H,25,27)/b21-12-/t16-/m1/s1. The first-order valence-electron chi connectivity index (χ1n) is 10.1. The zero-order chi connectivity index (χ0) is 21.8. The van der Waals surface area contributed by atoms with Crippen LogP contribution in [-0.4, -0.2) is 44.7 Å². The zero-order valence-corrected chi connectivity index (χ0v) is 18.7. The van der Waals surface area contributed by atoms with Crippen LogP contribution in [0.15, 0.2) is 52.7 Å². The number of anilines is 1. The van der Waals surface area contributed by atoms with E-state index < -0.39 is 0 Å². The minimum absolute atomic E-state index is 0.0422. The minimum Gasteiger partial charge on any atom is -0.496 e. The molecule has 0 aromatic heterocycles. The first-order chi connectivity index (χ1) is 15.0. The molecular weight excluding hydrogens is 464 g/mol. The Morgan fingerprint density at radius 1 is 1.32 bits per heavy atom. The molecular formula is C23H23BrN2O5. The smallest absolute Gasteiger partial charge is 0.294 e. The van der Waals surface area contributed by atoms with Gasteiger partial charge in [0.1, 0.15) is 12.3 Å². The molecule has 1 fully saturated rings. The molecule has 0 bridgehead atoms. The van der Waals surface area contributed by atoms with E-state index in [1.165, 1.54) is 4.90 Å². The van der Waals surface area contributed by atoms with Gasteiger partial charge >= 0.3 is 0 Å². The SMILES string of the molecule is COc1ccc(/C=C2\Oc3ccccc3N(CC(=O)NC[C@H]3CCCO3)C2=O)cc1Br. The van der Waals surface area contributed by atoms with Crippen LogP contribution < -0.4 is 19.7 Å². The fourth-order valence-electron chi connectivity index (χ4n) is 3.58. The number of methoxy groups -OCH3 is 1. The molecule has 1 N–H and O–H groups in total. The molecule has 0 saturated carbocycles. The maximum absolute atomic E-state index is 13.2. The third-order valence-electron chi connectivity index (χ3n) is 5.16. The second-order valence-corrected chi connectivity index (χ2v) is 8.16. The van der Waals surface area contributed by atoms with Gasteiger partial charge in [0.05, 0.1) is 23.4 Å². The van der Waals surface area contributed by atoms with Gasteiger partial charge in [0.15, 0.2) is 11.5 Å². The van der Waals surface area contributed by atoms with Crippen LogP contribution in [0.2, 0.25) is 0 Å². The van der Waals surface area contributed by atoms with E-state index in [1.807, 2.05) is 24.3 Å². The van der Waals surface area contributed by atoms with Gasteiger partial charge in [-0.15, -0.1) is 0 Å². The highest BCUT2D eigenvalue weighted by molar-refractivity contribution is 9.10. The van der Waals surface area contributed by atoms with E-state index in [0.29, 0.717) is 23.7 Å².